The summed E-state index contributed by atoms with van der Waals surface area (Å²) >= 11 is 2.96. The first-order valence-corrected chi connectivity index (χ1v) is 12.3. The first-order chi connectivity index (χ1) is 11.2. The third kappa shape index (κ3) is 16.0. The fraction of sp³-hybridized carbons (Fsp3) is 1.00. The molecule has 3 N–H and O–H groups in total. The van der Waals surface area contributed by atoms with Crippen LogP contribution in [0.15, 0.2) is 0 Å². The van der Waals surface area contributed by atoms with Crippen molar-refractivity contribution in [2.24, 2.45) is 0 Å². The van der Waals surface area contributed by atoms with E-state index in [-0.39, 0.29) is 19.8 Å². The summed E-state index contributed by atoms with van der Waals surface area (Å²) in [5.74, 6) is 0. The minimum absolute atomic E-state index is 0.210. The molecule has 0 aliphatic heterocycles. The van der Waals surface area contributed by atoms with Gasteiger partial charge in [0.05, 0.1) is 0 Å². The maximum atomic E-state index is 8.77. The van der Waals surface area contributed by atoms with Crippen molar-refractivity contribution in [1.29, 1.82) is 0 Å². The van der Waals surface area contributed by atoms with Crippen LogP contribution in [-0.2, 0) is 13.6 Å². The van der Waals surface area contributed by atoms with Crippen molar-refractivity contribution in [3.63, 3.8) is 0 Å². The third-order valence-electron chi connectivity index (χ3n) is 3.16. The van der Waals surface area contributed by atoms with E-state index in [4.69, 9.17) is 28.9 Å². The van der Waals surface area contributed by atoms with Crippen LogP contribution >= 0.6 is 6.19 Å². The van der Waals surface area contributed by atoms with Crippen LogP contribution in [-0.4, -0.2) is 70.1 Å². The van der Waals surface area contributed by atoms with E-state index in [0.717, 1.165) is 57.8 Å². The van der Waals surface area contributed by atoms with Crippen LogP contribution in [0.4, 0.5) is 0 Å². The van der Waals surface area contributed by atoms with Crippen LogP contribution in [0.5, 0.6) is 0 Å². The molecule has 0 fully saturated rings. The Kier molecular flexibility index (Phi) is 18.1. The third-order valence-corrected chi connectivity index (χ3v) is 6.64. The SMILES string of the molecule is OCCCCCOP(=[Se])(OCCCCCO)OCCCCCO. The fourth-order valence-corrected chi connectivity index (χ4v) is 4.50. The summed E-state index contributed by atoms with van der Waals surface area (Å²) in [4.78, 5) is 0. The topological polar surface area (TPSA) is 88.4 Å². The molecule has 0 saturated carbocycles. The Morgan fingerprint density at radius 3 is 1.09 bits per heavy atom. The molecule has 0 rings (SSSR count). The fourth-order valence-electron chi connectivity index (χ4n) is 1.81. The second-order valence-electron chi connectivity index (χ2n) is 5.30. The van der Waals surface area contributed by atoms with Crippen LogP contribution in [0.2, 0.25) is 0 Å². The van der Waals surface area contributed by atoms with Crippen molar-refractivity contribution in [3.8, 4) is 0 Å². The van der Waals surface area contributed by atoms with Gasteiger partial charge in [-0.15, -0.1) is 0 Å². The van der Waals surface area contributed by atoms with Gasteiger partial charge in [-0.3, -0.25) is 0 Å². The molecule has 0 spiro atoms. The quantitative estimate of drug-likeness (QED) is 0.180. The molecule has 0 heterocycles. The zero-order valence-electron chi connectivity index (χ0n) is 14.0. The summed E-state index contributed by atoms with van der Waals surface area (Å²) in [5.41, 5.74) is 0. The monoisotopic (exact) mass is 420 g/mol. The summed E-state index contributed by atoms with van der Waals surface area (Å²) in [5, 5.41) is 26.3. The molecule has 0 bridgehead atoms. The Morgan fingerprint density at radius 2 is 0.826 bits per heavy atom. The average Bonchev–Trinajstić information content (AvgIpc) is 2.54. The van der Waals surface area contributed by atoms with E-state index >= 15 is 0 Å². The van der Waals surface area contributed by atoms with Gasteiger partial charge in [0.1, 0.15) is 0 Å². The first-order valence-electron chi connectivity index (χ1n) is 8.55. The number of hydrogen-bond donors (Lipinski definition) is 3. The van der Waals surface area contributed by atoms with Gasteiger partial charge in [0, 0.05) is 0 Å². The van der Waals surface area contributed by atoms with Gasteiger partial charge in [0.2, 0.25) is 0 Å². The molecule has 0 saturated heterocycles. The van der Waals surface area contributed by atoms with Crippen molar-refractivity contribution < 1.29 is 28.9 Å². The van der Waals surface area contributed by atoms with E-state index in [2.05, 4.69) is 15.1 Å². The van der Waals surface area contributed by atoms with Crippen LogP contribution < -0.4 is 0 Å². The Balaban J connectivity index is 4.03. The van der Waals surface area contributed by atoms with E-state index in [1.165, 1.54) is 0 Å². The van der Waals surface area contributed by atoms with Gasteiger partial charge in [-0.25, -0.2) is 0 Å². The Labute approximate surface area is 148 Å². The molecular formula is C15H33O6PSe. The van der Waals surface area contributed by atoms with Crippen LogP contribution in [0, 0.1) is 0 Å². The van der Waals surface area contributed by atoms with Crippen LogP contribution in [0.25, 0.3) is 0 Å². The van der Waals surface area contributed by atoms with Gasteiger partial charge < -0.3 is 0 Å². The molecular weight excluding hydrogens is 386 g/mol. The van der Waals surface area contributed by atoms with Crippen LogP contribution in [0.1, 0.15) is 57.8 Å². The number of unbranched alkanes of at least 4 members (excludes halogenated alkanes) is 6. The van der Waals surface area contributed by atoms with Gasteiger partial charge in [-0.1, -0.05) is 0 Å². The molecule has 23 heavy (non-hydrogen) atoms. The number of hydrogen-bond acceptors (Lipinski definition) is 6. The summed E-state index contributed by atoms with van der Waals surface area (Å²) in [6.07, 6.45) is 5.29. The van der Waals surface area contributed by atoms with E-state index in [1.54, 1.807) is 0 Å². The van der Waals surface area contributed by atoms with Gasteiger partial charge in [-0.05, 0) is 0 Å². The standard InChI is InChI=1S/C15H33O6PSe/c16-10-4-1-7-13-19-22(23,20-14-8-2-5-11-17)21-15-9-3-6-12-18/h16-18H,1-15H2. The molecule has 0 aromatic carbocycles. The first kappa shape index (κ1) is 23.7. The van der Waals surface area contributed by atoms with Crippen molar-refractivity contribution in [3.05, 3.63) is 0 Å². The van der Waals surface area contributed by atoms with E-state index < -0.39 is 6.19 Å². The molecule has 6 nitrogen and oxygen atoms in total. The Bertz CT molecular complexity index is 250. The molecule has 8 heteroatoms. The summed E-state index contributed by atoms with van der Waals surface area (Å²) in [7, 11) is 0. The number of aliphatic hydroxyl groups excluding tert-OH is 3. The van der Waals surface area contributed by atoms with Gasteiger partial charge in [-0.2, -0.15) is 0 Å². The van der Waals surface area contributed by atoms with Crippen LogP contribution in [0.3, 0.4) is 0 Å². The molecule has 0 aromatic heterocycles. The van der Waals surface area contributed by atoms with Crippen molar-refractivity contribution in [1.82, 2.24) is 0 Å². The summed E-state index contributed by atoms with van der Waals surface area (Å²) in [6, 6.07) is 0. The Hall–Kier alpha value is 0.709. The zero-order valence-corrected chi connectivity index (χ0v) is 16.6. The molecule has 0 aliphatic carbocycles. The molecule has 0 amide bonds. The minimum atomic E-state index is -2.43. The van der Waals surface area contributed by atoms with E-state index in [0.29, 0.717) is 19.8 Å². The van der Waals surface area contributed by atoms with Crippen molar-refractivity contribution in [2.75, 3.05) is 39.6 Å². The molecule has 140 valence electrons. The van der Waals surface area contributed by atoms with E-state index in [1.807, 2.05) is 0 Å². The number of aliphatic hydroxyl groups is 3. The molecule has 0 aromatic rings. The maximum absolute atomic E-state index is 8.77. The normalized spacial score (nSPS) is 12.0. The summed E-state index contributed by atoms with van der Waals surface area (Å²) < 4.78 is 17.5. The van der Waals surface area contributed by atoms with Gasteiger partial charge >= 0.3 is 148 Å². The second kappa shape index (κ2) is 17.5. The zero-order chi connectivity index (χ0) is 17.2. The number of rotatable bonds is 18. The Morgan fingerprint density at radius 1 is 0.522 bits per heavy atom. The predicted octanol–water partition coefficient (Wildman–Crippen LogP) is 2.37. The molecule has 0 radical (unpaired) electrons. The molecule has 0 unspecified atom stereocenters. The van der Waals surface area contributed by atoms with Gasteiger partial charge in [0.15, 0.2) is 0 Å². The van der Waals surface area contributed by atoms with E-state index in [9.17, 15) is 0 Å². The summed E-state index contributed by atoms with van der Waals surface area (Å²) in [6.45, 7) is 2.28. The predicted molar refractivity (Wildman–Crippen MR) is 93.3 cm³/mol. The second-order valence-corrected chi connectivity index (χ2v) is 9.78. The molecule has 0 aliphatic rings. The van der Waals surface area contributed by atoms with Crippen molar-refractivity contribution in [2.45, 2.75) is 57.8 Å². The van der Waals surface area contributed by atoms with Gasteiger partial charge in [0.25, 0.3) is 0 Å². The molecule has 0 atom stereocenters. The average molecular weight is 419 g/mol. The van der Waals surface area contributed by atoms with Crippen molar-refractivity contribution >= 4 is 21.3 Å².